The van der Waals surface area contributed by atoms with Crippen LogP contribution in [-0.4, -0.2) is 24.0 Å². The molecule has 0 aliphatic rings. The third-order valence-corrected chi connectivity index (χ3v) is 2.75. The third kappa shape index (κ3) is 2.77. The molecule has 1 aromatic carbocycles. The van der Waals surface area contributed by atoms with Gasteiger partial charge in [-0.25, -0.2) is 4.98 Å². The number of nitrogens with one attached hydrogen (secondary N) is 1. The van der Waals surface area contributed by atoms with E-state index in [0.29, 0.717) is 5.82 Å². The average molecular weight is 273 g/mol. The van der Waals surface area contributed by atoms with Crippen LogP contribution < -0.4 is 16.0 Å². The molecule has 0 aliphatic carbocycles. The number of hydrogen-bond acceptors (Lipinski definition) is 6. The molecule has 0 radical (unpaired) electrons. The van der Waals surface area contributed by atoms with Crippen LogP contribution in [-0.2, 0) is 0 Å². The van der Waals surface area contributed by atoms with Crippen LogP contribution in [0.2, 0.25) is 0 Å². The summed E-state index contributed by atoms with van der Waals surface area (Å²) in [6, 6.07) is 10.5. The van der Waals surface area contributed by atoms with E-state index in [-0.39, 0.29) is 11.5 Å². The summed E-state index contributed by atoms with van der Waals surface area (Å²) in [7, 11) is 3.86. The number of anilines is 4. The summed E-state index contributed by atoms with van der Waals surface area (Å²) in [5.74, 6) is 0.352. The third-order valence-electron chi connectivity index (χ3n) is 2.75. The van der Waals surface area contributed by atoms with Gasteiger partial charge in [0.2, 0.25) is 5.82 Å². The predicted octanol–water partition coefficient (Wildman–Crippen LogP) is 2.38. The van der Waals surface area contributed by atoms with Crippen LogP contribution in [0.3, 0.4) is 0 Å². The highest BCUT2D eigenvalue weighted by Gasteiger charge is 2.13. The summed E-state index contributed by atoms with van der Waals surface area (Å²) in [6.45, 7) is 0. The molecule has 1 aromatic heterocycles. The Morgan fingerprint density at radius 3 is 2.55 bits per heavy atom. The maximum atomic E-state index is 10.7. The summed E-state index contributed by atoms with van der Waals surface area (Å²) < 4.78 is 0. The normalized spacial score (nSPS) is 10.1. The van der Waals surface area contributed by atoms with Gasteiger partial charge in [0, 0.05) is 20.2 Å². The number of pyridine rings is 1. The maximum Gasteiger partial charge on any atom is 0.311 e. The molecular formula is C13H15N5O2. The molecule has 0 saturated heterocycles. The molecule has 1 heterocycles. The van der Waals surface area contributed by atoms with Crippen molar-refractivity contribution in [3.8, 4) is 0 Å². The predicted molar refractivity (Wildman–Crippen MR) is 79.4 cm³/mol. The average Bonchev–Trinajstić information content (AvgIpc) is 2.38. The van der Waals surface area contributed by atoms with Gasteiger partial charge in [-0.3, -0.25) is 10.1 Å². The van der Waals surface area contributed by atoms with Gasteiger partial charge in [0.1, 0.15) is 5.82 Å². The molecule has 104 valence electrons. The quantitative estimate of drug-likeness (QED) is 0.655. The van der Waals surface area contributed by atoms with Crippen molar-refractivity contribution in [3.63, 3.8) is 0 Å². The Bertz CT molecular complexity index is 642. The molecule has 0 spiro atoms. The topological polar surface area (TPSA) is 97.3 Å². The first-order chi connectivity index (χ1) is 9.49. The Labute approximate surface area is 116 Å². The van der Waals surface area contributed by atoms with Gasteiger partial charge in [-0.1, -0.05) is 12.1 Å². The molecule has 20 heavy (non-hydrogen) atoms. The van der Waals surface area contributed by atoms with Gasteiger partial charge in [-0.2, -0.15) is 0 Å². The highest BCUT2D eigenvalue weighted by molar-refractivity contribution is 5.74. The zero-order chi connectivity index (χ0) is 14.7. The van der Waals surface area contributed by atoms with E-state index in [1.165, 1.54) is 12.1 Å². The van der Waals surface area contributed by atoms with Crippen LogP contribution in [0.4, 0.5) is 28.7 Å². The molecular weight excluding hydrogens is 258 g/mol. The summed E-state index contributed by atoms with van der Waals surface area (Å²) in [5, 5.41) is 13.8. The summed E-state index contributed by atoms with van der Waals surface area (Å²) >= 11 is 0. The molecule has 0 aliphatic heterocycles. The molecule has 3 N–H and O–H groups in total. The Kier molecular flexibility index (Phi) is 3.69. The van der Waals surface area contributed by atoms with Gasteiger partial charge < -0.3 is 16.0 Å². The number of aromatic nitrogens is 1. The van der Waals surface area contributed by atoms with Gasteiger partial charge in [-0.15, -0.1) is 0 Å². The highest BCUT2D eigenvalue weighted by Crippen LogP contribution is 2.28. The van der Waals surface area contributed by atoms with Crippen LogP contribution in [0.15, 0.2) is 36.4 Å². The van der Waals surface area contributed by atoms with Crippen molar-refractivity contribution < 1.29 is 4.92 Å². The van der Waals surface area contributed by atoms with E-state index < -0.39 is 4.92 Å². The van der Waals surface area contributed by atoms with Gasteiger partial charge >= 0.3 is 5.69 Å². The summed E-state index contributed by atoms with van der Waals surface area (Å²) in [4.78, 5) is 16.1. The van der Waals surface area contributed by atoms with Gasteiger partial charge in [0.15, 0.2) is 0 Å². The second kappa shape index (κ2) is 5.43. The second-order valence-electron chi connectivity index (χ2n) is 4.39. The number of nitrogens with zero attached hydrogens (tertiary/aromatic N) is 3. The maximum absolute atomic E-state index is 10.7. The van der Waals surface area contributed by atoms with Crippen LogP contribution in [0.25, 0.3) is 0 Å². The molecule has 0 saturated carbocycles. The number of hydrogen-bond donors (Lipinski definition) is 2. The molecule has 7 nitrogen and oxygen atoms in total. The molecule has 0 bridgehead atoms. The fourth-order valence-corrected chi connectivity index (χ4v) is 1.80. The lowest BCUT2D eigenvalue weighted by Crippen LogP contribution is -2.11. The van der Waals surface area contributed by atoms with Crippen LogP contribution >= 0.6 is 0 Å². The van der Waals surface area contributed by atoms with Gasteiger partial charge in [0.25, 0.3) is 0 Å². The number of nitrogen functional groups attached to an aromatic ring is 1. The zero-order valence-corrected chi connectivity index (χ0v) is 11.2. The van der Waals surface area contributed by atoms with E-state index in [1.54, 1.807) is 0 Å². The first-order valence-electron chi connectivity index (χ1n) is 5.93. The van der Waals surface area contributed by atoms with Crippen molar-refractivity contribution in [1.82, 2.24) is 4.98 Å². The van der Waals surface area contributed by atoms with Crippen molar-refractivity contribution in [2.24, 2.45) is 0 Å². The smallest absolute Gasteiger partial charge is 0.311 e. The van der Waals surface area contributed by atoms with E-state index in [1.807, 2.05) is 43.3 Å². The van der Waals surface area contributed by atoms with Crippen molar-refractivity contribution in [2.45, 2.75) is 0 Å². The first kappa shape index (κ1) is 13.6. The van der Waals surface area contributed by atoms with Crippen LogP contribution in [0, 0.1) is 10.1 Å². The second-order valence-corrected chi connectivity index (χ2v) is 4.39. The van der Waals surface area contributed by atoms with Crippen molar-refractivity contribution in [3.05, 3.63) is 46.5 Å². The van der Waals surface area contributed by atoms with E-state index >= 15 is 0 Å². The minimum Gasteiger partial charge on any atom is -0.378 e. The summed E-state index contributed by atoms with van der Waals surface area (Å²) in [5.41, 5.74) is 7.20. The number of nitro groups is 1. The number of nitrogens with two attached hydrogens (primary N) is 1. The van der Waals surface area contributed by atoms with Crippen molar-refractivity contribution >= 4 is 28.7 Å². The monoisotopic (exact) mass is 273 g/mol. The molecule has 2 aromatic rings. The minimum absolute atomic E-state index is 0.109. The van der Waals surface area contributed by atoms with E-state index in [9.17, 15) is 10.1 Å². The highest BCUT2D eigenvalue weighted by atomic mass is 16.6. The number of benzene rings is 1. The lowest BCUT2D eigenvalue weighted by molar-refractivity contribution is -0.384. The van der Waals surface area contributed by atoms with E-state index in [2.05, 4.69) is 10.3 Å². The van der Waals surface area contributed by atoms with Gasteiger partial charge in [0.05, 0.1) is 16.3 Å². The Balaban J connectivity index is 2.31. The molecule has 0 amide bonds. The fraction of sp³-hybridized carbons (Fsp3) is 0.154. The van der Waals surface area contributed by atoms with Crippen molar-refractivity contribution in [2.75, 3.05) is 30.0 Å². The first-order valence-corrected chi connectivity index (χ1v) is 5.93. The Hall–Kier alpha value is -2.83. The fourth-order valence-electron chi connectivity index (χ4n) is 1.80. The Morgan fingerprint density at radius 1 is 1.25 bits per heavy atom. The Morgan fingerprint density at radius 2 is 1.95 bits per heavy atom. The van der Waals surface area contributed by atoms with Crippen LogP contribution in [0.1, 0.15) is 0 Å². The summed E-state index contributed by atoms with van der Waals surface area (Å²) in [6.07, 6.45) is 0. The largest absolute Gasteiger partial charge is 0.378 e. The lowest BCUT2D eigenvalue weighted by atomic mass is 10.2. The van der Waals surface area contributed by atoms with E-state index in [0.717, 1.165) is 11.4 Å². The zero-order valence-electron chi connectivity index (χ0n) is 11.2. The number of rotatable bonds is 4. The SMILES string of the molecule is CN(C)c1ccccc1Nc1ccc([N+](=O)[O-])c(N)n1. The molecule has 0 fully saturated rings. The minimum atomic E-state index is -0.556. The molecule has 2 rings (SSSR count). The standard InChI is InChI=1S/C13H15N5O2/c1-17(2)10-6-4-3-5-9(10)15-12-8-7-11(18(19)20)13(14)16-12/h3-8H,1-2H3,(H3,14,15,16). The molecule has 7 heteroatoms. The van der Waals surface area contributed by atoms with Gasteiger partial charge in [-0.05, 0) is 18.2 Å². The van der Waals surface area contributed by atoms with E-state index in [4.69, 9.17) is 5.73 Å². The molecule has 0 atom stereocenters. The number of para-hydroxylation sites is 2. The molecule has 0 unspecified atom stereocenters. The van der Waals surface area contributed by atoms with Crippen LogP contribution in [0.5, 0.6) is 0 Å². The van der Waals surface area contributed by atoms with Crippen molar-refractivity contribution in [1.29, 1.82) is 0 Å². The lowest BCUT2D eigenvalue weighted by Gasteiger charge is -2.18.